The molecule has 2 N–H and O–H groups in total. The van der Waals surface area contributed by atoms with Crippen LogP contribution in [0.1, 0.15) is 20.8 Å². The number of alkyl halides is 1. The Balaban J connectivity index is 4.10. The lowest BCUT2D eigenvalue weighted by molar-refractivity contribution is 0.121. The molecule has 0 rings (SSSR count). The Kier molecular flexibility index (Phi) is 6.70. The van der Waals surface area contributed by atoms with Gasteiger partial charge in [-0.15, -0.1) is 11.6 Å². The first-order valence-corrected chi connectivity index (χ1v) is 6.82. The van der Waals surface area contributed by atoms with Gasteiger partial charge in [0.15, 0.2) is 0 Å². The van der Waals surface area contributed by atoms with E-state index in [1.165, 1.54) is 0 Å². The van der Waals surface area contributed by atoms with Crippen LogP contribution in [0.2, 0.25) is 0 Å². The van der Waals surface area contributed by atoms with E-state index in [1.54, 1.807) is 25.5 Å². The van der Waals surface area contributed by atoms with Crippen LogP contribution in [0, 0.1) is 5.92 Å². The molecule has 1 atom stereocenters. The minimum absolute atomic E-state index is 0.0145. The van der Waals surface area contributed by atoms with Gasteiger partial charge in [0, 0.05) is 12.4 Å². The third-order valence-electron chi connectivity index (χ3n) is 1.45. The molecule has 0 saturated carbocycles. The zero-order valence-electron chi connectivity index (χ0n) is 9.49. The van der Waals surface area contributed by atoms with Crippen LogP contribution in [-0.4, -0.2) is 33.0 Å². The maximum Gasteiger partial charge on any atom is 0.422 e. The summed E-state index contributed by atoms with van der Waals surface area (Å²) in [7, 11) is -3.86. The van der Waals surface area contributed by atoms with E-state index in [-0.39, 0.29) is 18.6 Å². The number of amides is 1. The Hall–Kier alpha value is -0.530. The highest BCUT2D eigenvalue weighted by Crippen LogP contribution is 1.96. The van der Waals surface area contributed by atoms with Gasteiger partial charge < -0.3 is 4.74 Å². The van der Waals surface area contributed by atoms with Crippen molar-refractivity contribution >= 4 is 27.9 Å². The van der Waals surface area contributed by atoms with Crippen LogP contribution in [0.25, 0.3) is 0 Å². The summed E-state index contributed by atoms with van der Waals surface area (Å²) in [5.41, 5.74) is 0. The summed E-state index contributed by atoms with van der Waals surface area (Å²) in [6.45, 7) is 5.18. The number of halogens is 1. The van der Waals surface area contributed by atoms with E-state index in [0.29, 0.717) is 5.88 Å². The van der Waals surface area contributed by atoms with E-state index in [4.69, 9.17) is 11.6 Å². The van der Waals surface area contributed by atoms with Crippen LogP contribution in [0.3, 0.4) is 0 Å². The topological polar surface area (TPSA) is 84.5 Å². The second-order valence-corrected chi connectivity index (χ2v) is 5.48. The van der Waals surface area contributed by atoms with Crippen LogP contribution < -0.4 is 9.44 Å². The van der Waals surface area contributed by atoms with Crippen molar-refractivity contribution in [2.24, 2.45) is 5.92 Å². The number of hydrogen-bond donors (Lipinski definition) is 2. The Morgan fingerprint density at radius 2 is 1.94 bits per heavy atom. The Bertz CT molecular complexity index is 318. The van der Waals surface area contributed by atoms with Crippen molar-refractivity contribution < 1.29 is 17.9 Å². The van der Waals surface area contributed by atoms with Gasteiger partial charge in [-0.1, -0.05) is 6.92 Å². The molecule has 6 nitrogen and oxygen atoms in total. The normalized spacial score (nSPS) is 13.6. The van der Waals surface area contributed by atoms with Crippen LogP contribution in [0.15, 0.2) is 0 Å². The molecule has 0 aromatic heterocycles. The third kappa shape index (κ3) is 7.72. The zero-order chi connectivity index (χ0) is 12.8. The molecular weight excluding hydrogens is 256 g/mol. The van der Waals surface area contributed by atoms with E-state index in [2.05, 4.69) is 9.46 Å². The zero-order valence-corrected chi connectivity index (χ0v) is 11.1. The SMILES string of the molecule is CC(CCl)CNS(=O)(=O)NC(=O)OC(C)C. The van der Waals surface area contributed by atoms with Crippen LogP contribution in [0.4, 0.5) is 4.79 Å². The lowest BCUT2D eigenvalue weighted by Gasteiger charge is -2.12. The third-order valence-corrected chi connectivity index (χ3v) is 2.95. The number of nitrogens with one attached hydrogen (secondary N) is 2. The highest BCUT2D eigenvalue weighted by atomic mass is 35.5. The summed E-state index contributed by atoms with van der Waals surface area (Å²) in [6, 6.07) is 0. The van der Waals surface area contributed by atoms with E-state index in [9.17, 15) is 13.2 Å². The minimum atomic E-state index is -3.86. The fourth-order valence-electron chi connectivity index (χ4n) is 0.690. The van der Waals surface area contributed by atoms with Gasteiger partial charge in [0.05, 0.1) is 6.10 Å². The fourth-order valence-corrected chi connectivity index (χ4v) is 1.64. The Morgan fingerprint density at radius 3 is 2.38 bits per heavy atom. The van der Waals surface area contributed by atoms with E-state index >= 15 is 0 Å². The van der Waals surface area contributed by atoms with Gasteiger partial charge in [-0.25, -0.2) is 9.52 Å². The van der Waals surface area contributed by atoms with Gasteiger partial charge in [-0.3, -0.25) is 0 Å². The van der Waals surface area contributed by atoms with Crippen molar-refractivity contribution in [1.29, 1.82) is 0 Å². The molecular formula is C8H17ClN2O4S. The molecule has 0 aliphatic carbocycles. The van der Waals surface area contributed by atoms with Crippen LogP contribution in [0.5, 0.6) is 0 Å². The number of carbonyl (C=O) groups is 1. The maximum absolute atomic E-state index is 11.3. The number of ether oxygens (including phenoxy) is 1. The summed E-state index contributed by atoms with van der Waals surface area (Å²) in [4.78, 5) is 11.0. The molecule has 0 aliphatic heterocycles. The standard InChI is InChI=1S/C8H17ClN2O4S/c1-6(2)15-8(12)11-16(13,14)10-5-7(3)4-9/h6-7,10H,4-5H2,1-3H3,(H,11,12). The van der Waals surface area contributed by atoms with Gasteiger partial charge in [-0.2, -0.15) is 13.1 Å². The first-order valence-electron chi connectivity index (χ1n) is 4.80. The van der Waals surface area contributed by atoms with Crippen molar-refractivity contribution in [3.05, 3.63) is 0 Å². The minimum Gasteiger partial charge on any atom is -0.446 e. The van der Waals surface area contributed by atoms with Crippen molar-refractivity contribution in [2.75, 3.05) is 12.4 Å². The summed E-state index contributed by atoms with van der Waals surface area (Å²) in [5.74, 6) is 0.318. The average molecular weight is 273 g/mol. The van der Waals surface area contributed by atoms with Crippen molar-refractivity contribution in [3.63, 3.8) is 0 Å². The second-order valence-electron chi connectivity index (χ2n) is 3.67. The highest BCUT2D eigenvalue weighted by molar-refractivity contribution is 7.88. The van der Waals surface area contributed by atoms with Crippen molar-refractivity contribution in [2.45, 2.75) is 26.9 Å². The molecule has 0 radical (unpaired) electrons. The molecule has 0 fully saturated rings. The predicted molar refractivity (Wildman–Crippen MR) is 61.6 cm³/mol. The van der Waals surface area contributed by atoms with Crippen molar-refractivity contribution in [1.82, 2.24) is 9.44 Å². The summed E-state index contributed by atoms with van der Waals surface area (Å²) in [5, 5.41) is 0. The molecule has 0 saturated heterocycles. The molecule has 0 heterocycles. The molecule has 8 heteroatoms. The molecule has 16 heavy (non-hydrogen) atoms. The van der Waals surface area contributed by atoms with Crippen LogP contribution in [-0.2, 0) is 14.9 Å². The molecule has 96 valence electrons. The highest BCUT2D eigenvalue weighted by Gasteiger charge is 2.16. The van der Waals surface area contributed by atoms with Gasteiger partial charge in [-0.05, 0) is 19.8 Å². The summed E-state index contributed by atoms with van der Waals surface area (Å²) >= 11 is 5.51. The van der Waals surface area contributed by atoms with E-state index in [1.807, 2.05) is 0 Å². The lowest BCUT2D eigenvalue weighted by atomic mass is 10.2. The molecule has 1 unspecified atom stereocenters. The lowest BCUT2D eigenvalue weighted by Crippen LogP contribution is -2.42. The van der Waals surface area contributed by atoms with Gasteiger partial charge in [0.1, 0.15) is 0 Å². The molecule has 0 bridgehead atoms. The first-order chi connectivity index (χ1) is 7.26. The second kappa shape index (κ2) is 6.93. The average Bonchev–Trinajstić information content (AvgIpc) is 2.11. The van der Waals surface area contributed by atoms with Gasteiger partial charge >= 0.3 is 16.3 Å². The van der Waals surface area contributed by atoms with Crippen LogP contribution >= 0.6 is 11.6 Å². The maximum atomic E-state index is 11.3. The Labute approximate surface area is 101 Å². The predicted octanol–water partition coefficient (Wildman–Crippen LogP) is 0.830. The van der Waals surface area contributed by atoms with Gasteiger partial charge in [0.25, 0.3) is 0 Å². The quantitative estimate of drug-likeness (QED) is 0.702. The summed E-state index contributed by atoms with van der Waals surface area (Å²) < 4.78 is 31.1. The molecule has 0 aliphatic rings. The van der Waals surface area contributed by atoms with E-state index in [0.717, 1.165) is 0 Å². The molecule has 0 aromatic rings. The molecule has 0 aromatic carbocycles. The molecule has 0 spiro atoms. The Morgan fingerprint density at radius 1 is 1.38 bits per heavy atom. The van der Waals surface area contributed by atoms with E-state index < -0.39 is 16.3 Å². The number of carbonyl (C=O) groups excluding carboxylic acids is 1. The number of hydrogen-bond acceptors (Lipinski definition) is 4. The van der Waals surface area contributed by atoms with Gasteiger partial charge in [0.2, 0.25) is 0 Å². The largest absolute Gasteiger partial charge is 0.446 e. The smallest absolute Gasteiger partial charge is 0.422 e. The summed E-state index contributed by atoms with van der Waals surface area (Å²) in [6.07, 6.45) is -1.38. The first kappa shape index (κ1) is 15.5. The fraction of sp³-hybridized carbons (Fsp3) is 0.875. The number of rotatable bonds is 6. The monoisotopic (exact) mass is 272 g/mol. The van der Waals surface area contributed by atoms with Crippen molar-refractivity contribution in [3.8, 4) is 0 Å². The molecule has 1 amide bonds.